The Morgan fingerprint density at radius 1 is 1.12 bits per heavy atom. The van der Waals surface area contributed by atoms with Crippen molar-refractivity contribution in [1.29, 1.82) is 0 Å². The Labute approximate surface area is 196 Å². The van der Waals surface area contributed by atoms with Gasteiger partial charge in [-0.15, -0.1) is 0 Å². The second kappa shape index (κ2) is 11.6. The molecule has 1 fully saturated rings. The zero-order valence-corrected chi connectivity index (χ0v) is 20.2. The van der Waals surface area contributed by atoms with E-state index < -0.39 is 15.7 Å². The Bertz CT molecular complexity index is 1030. The fourth-order valence-corrected chi connectivity index (χ4v) is 5.46. The summed E-state index contributed by atoms with van der Waals surface area (Å²) in [6.45, 7) is 4.51. The van der Waals surface area contributed by atoms with E-state index in [-0.39, 0.29) is 29.1 Å². The predicted octanol–water partition coefficient (Wildman–Crippen LogP) is 5.22. The third-order valence-electron chi connectivity index (χ3n) is 5.76. The summed E-state index contributed by atoms with van der Waals surface area (Å²) in [4.78, 5) is 11.4. The molecule has 0 unspecified atom stereocenters. The van der Waals surface area contributed by atoms with Gasteiger partial charge in [0.1, 0.15) is 0 Å². The van der Waals surface area contributed by atoms with Crippen LogP contribution in [0.25, 0.3) is 0 Å². The molecule has 0 aromatic heterocycles. The monoisotopic (exact) mass is 476 g/mol. The summed E-state index contributed by atoms with van der Waals surface area (Å²) in [5, 5.41) is 0. The van der Waals surface area contributed by atoms with E-state index in [4.69, 9.17) is 9.47 Å². The standard InChI is InChI=1S/C26H33FO5S/c1-3-31-26(28)6-4-5-20-7-11-22(12-8-20)18-33(29,30)17-19(2)23-13-14-24(27)25(15-23)32-16-21-9-10-21/h7-8,11-15,19,21H,3-6,9-10,16-18H2,1-2H3/t19-/m0/s1. The Morgan fingerprint density at radius 3 is 2.48 bits per heavy atom. The van der Waals surface area contributed by atoms with Crippen LogP contribution < -0.4 is 4.74 Å². The Hall–Kier alpha value is -2.41. The molecule has 0 N–H and O–H groups in total. The predicted molar refractivity (Wildman–Crippen MR) is 127 cm³/mol. The zero-order valence-electron chi connectivity index (χ0n) is 19.4. The topological polar surface area (TPSA) is 69.7 Å². The summed E-state index contributed by atoms with van der Waals surface area (Å²) in [5.74, 6) is -0.263. The summed E-state index contributed by atoms with van der Waals surface area (Å²) in [6, 6.07) is 12.1. The van der Waals surface area contributed by atoms with Crippen LogP contribution in [0.3, 0.4) is 0 Å². The molecular weight excluding hydrogens is 443 g/mol. The first-order valence-corrected chi connectivity index (χ1v) is 13.4. The van der Waals surface area contributed by atoms with Crippen molar-refractivity contribution in [3.63, 3.8) is 0 Å². The second-order valence-corrected chi connectivity index (χ2v) is 11.0. The maximum Gasteiger partial charge on any atom is 0.305 e. The third kappa shape index (κ3) is 8.46. The number of benzene rings is 2. The van der Waals surface area contributed by atoms with E-state index in [2.05, 4.69) is 0 Å². The van der Waals surface area contributed by atoms with E-state index >= 15 is 0 Å². The number of carbonyl (C=O) groups excluding carboxylic acids is 1. The Kier molecular flexibility index (Phi) is 8.89. The molecule has 3 rings (SSSR count). The minimum atomic E-state index is -3.36. The lowest BCUT2D eigenvalue weighted by atomic mass is 10.0. The smallest absolute Gasteiger partial charge is 0.305 e. The van der Waals surface area contributed by atoms with Crippen molar-refractivity contribution in [3.8, 4) is 5.75 Å². The SMILES string of the molecule is CCOC(=O)CCCc1ccc(CS(=O)(=O)C[C@H](C)c2ccc(F)c(OCC3CC3)c2)cc1. The molecule has 0 bridgehead atoms. The number of rotatable bonds is 13. The molecule has 1 saturated carbocycles. The number of ether oxygens (including phenoxy) is 2. The van der Waals surface area contributed by atoms with Gasteiger partial charge in [0.25, 0.3) is 0 Å². The van der Waals surface area contributed by atoms with Crippen molar-refractivity contribution in [2.45, 2.75) is 57.6 Å². The number of hydrogen-bond donors (Lipinski definition) is 0. The molecular formula is C26H33FO5S. The van der Waals surface area contributed by atoms with Crippen molar-refractivity contribution in [1.82, 2.24) is 0 Å². The van der Waals surface area contributed by atoms with Gasteiger partial charge >= 0.3 is 5.97 Å². The number of carbonyl (C=O) groups is 1. The van der Waals surface area contributed by atoms with Crippen LogP contribution in [0, 0.1) is 11.7 Å². The molecule has 0 saturated heterocycles. The molecule has 1 atom stereocenters. The van der Waals surface area contributed by atoms with Gasteiger partial charge in [-0.1, -0.05) is 37.3 Å². The van der Waals surface area contributed by atoms with Gasteiger partial charge < -0.3 is 9.47 Å². The highest BCUT2D eigenvalue weighted by atomic mass is 32.2. The van der Waals surface area contributed by atoms with Crippen molar-refractivity contribution in [2.75, 3.05) is 19.0 Å². The number of esters is 1. The van der Waals surface area contributed by atoms with Crippen LogP contribution in [-0.4, -0.2) is 33.4 Å². The molecule has 0 heterocycles. The minimum absolute atomic E-state index is 0.0258. The first-order valence-electron chi connectivity index (χ1n) is 11.6. The summed E-state index contributed by atoms with van der Waals surface area (Å²) < 4.78 is 50.2. The average molecular weight is 477 g/mol. The van der Waals surface area contributed by atoms with E-state index in [1.54, 1.807) is 19.1 Å². The molecule has 1 aliphatic carbocycles. The summed E-state index contributed by atoms with van der Waals surface area (Å²) in [7, 11) is -3.36. The van der Waals surface area contributed by atoms with E-state index in [0.29, 0.717) is 32.0 Å². The number of aryl methyl sites for hydroxylation is 1. The van der Waals surface area contributed by atoms with Gasteiger partial charge in [0, 0.05) is 6.42 Å². The van der Waals surface area contributed by atoms with Crippen LogP contribution in [-0.2, 0) is 31.5 Å². The zero-order chi connectivity index (χ0) is 23.8. The lowest BCUT2D eigenvalue weighted by Crippen LogP contribution is -2.15. The van der Waals surface area contributed by atoms with Gasteiger partial charge in [-0.05, 0) is 73.3 Å². The fourth-order valence-electron chi connectivity index (χ4n) is 3.69. The van der Waals surface area contributed by atoms with Gasteiger partial charge in [-0.25, -0.2) is 12.8 Å². The molecule has 0 spiro atoms. The molecule has 0 aliphatic heterocycles. The molecule has 2 aromatic carbocycles. The van der Waals surface area contributed by atoms with E-state index in [9.17, 15) is 17.6 Å². The molecule has 5 nitrogen and oxygen atoms in total. The molecule has 33 heavy (non-hydrogen) atoms. The number of halogens is 1. The third-order valence-corrected chi connectivity index (χ3v) is 7.54. The Balaban J connectivity index is 1.52. The van der Waals surface area contributed by atoms with Crippen LogP contribution in [0.5, 0.6) is 5.75 Å². The van der Waals surface area contributed by atoms with Gasteiger partial charge in [0.05, 0.1) is 24.7 Å². The lowest BCUT2D eigenvalue weighted by molar-refractivity contribution is -0.143. The quantitative estimate of drug-likeness (QED) is 0.371. The second-order valence-electron chi connectivity index (χ2n) is 8.87. The summed E-state index contributed by atoms with van der Waals surface area (Å²) in [5.41, 5.74) is 2.53. The summed E-state index contributed by atoms with van der Waals surface area (Å²) >= 11 is 0. The number of hydrogen-bond acceptors (Lipinski definition) is 5. The molecule has 1 aliphatic rings. The van der Waals surface area contributed by atoms with Gasteiger partial charge in [-0.3, -0.25) is 4.79 Å². The van der Waals surface area contributed by atoms with E-state index in [1.807, 2.05) is 31.2 Å². The fraction of sp³-hybridized carbons (Fsp3) is 0.500. The van der Waals surface area contributed by atoms with E-state index in [1.165, 1.54) is 6.07 Å². The highest BCUT2D eigenvalue weighted by Crippen LogP contribution is 2.31. The molecule has 180 valence electrons. The molecule has 2 aromatic rings. The first-order chi connectivity index (χ1) is 15.8. The van der Waals surface area contributed by atoms with Crippen molar-refractivity contribution < 1.29 is 27.1 Å². The van der Waals surface area contributed by atoms with Crippen LogP contribution in [0.1, 0.15) is 62.1 Å². The molecule has 0 radical (unpaired) electrons. The Morgan fingerprint density at radius 2 is 1.82 bits per heavy atom. The first kappa shape index (κ1) is 25.2. The normalized spacial score (nSPS) is 14.6. The van der Waals surface area contributed by atoms with E-state index in [0.717, 1.165) is 36.0 Å². The average Bonchev–Trinajstić information content (AvgIpc) is 3.58. The number of sulfone groups is 1. The van der Waals surface area contributed by atoms with Crippen molar-refractivity contribution in [2.24, 2.45) is 5.92 Å². The maximum absolute atomic E-state index is 14.0. The lowest BCUT2D eigenvalue weighted by Gasteiger charge is -2.15. The van der Waals surface area contributed by atoms with Crippen LogP contribution >= 0.6 is 0 Å². The molecule has 0 amide bonds. The highest BCUT2D eigenvalue weighted by molar-refractivity contribution is 7.90. The van der Waals surface area contributed by atoms with Crippen LogP contribution in [0.4, 0.5) is 4.39 Å². The summed E-state index contributed by atoms with van der Waals surface area (Å²) in [6.07, 6.45) is 4.03. The van der Waals surface area contributed by atoms with Gasteiger partial charge in [0.15, 0.2) is 21.4 Å². The molecule has 7 heteroatoms. The largest absolute Gasteiger partial charge is 0.490 e. The van der Waals surface area contributed by atoms with Crippen LogP contribution in [0.15, 0.2) is 42.5 Å². The maximum atomic E-state index is 14.0. The van der Waals surface area contributed by atoms with Crippen molar-refractivity contribution >= 4 is 15.8 Å². The van der Waals surface area contributed by atoms with Gasteiger partial charge in [0.2, 0.25) is 0 Å². The highest BCUT2D eigenvalue weighted by Gasteiger charge is 2.23. The van der Waals surface area contributed by atoms with Crippen LogP contribution in [0.2, 0.25) is 0 Å². The van der Waals surface area contributed by atoms with Gasteiger partial charge in [-0.2, -0.15) is 0 Å². The minimum Gasteiger partial charge on any atom is -0.490 e. The van der Waals surface area contributed by atoms with Crippen molar-refractivity contribution in [3.05, 3.63) is 65.0 Å².